The first-order valence-electron chi connectivity index (χ1n) is 12.5. The van der Waals surface area contributed by atoms with E-state index in [4.69, 9.17) is 13.9 Å². The number of piperazine rings is 1. The van der Waals surface area contributed by atoms with Crippen molar-refractivity contribution < 1.29 is 18.7 Å². The molecule has 2 heterocycles. The Labute approximate surface area is 217 Å². The van der Waals surface area contributed by atoms with Gasteiger partial charge < -0.3 is 24.1 Å². The number of carbonyl (C=O) groups excluding carboxylic acids is 1. The monoisotopic (exact) mass is 497 g/mol. The summed E-state index contributed by atoms with van der Waals surface area (Å²) in [5.74, 6) is 3.03. The smallest absolute Gasteiger partial charge is 0.251 e. The predicted octanol–water partition coefficient (Wildman–Crippen LogP) is 5.37. The number of benzene rings is 3. The summed E-state index contributed by atoms with van der Waals surface area (Å²) in [5.41, 5.74) is 1.77. The van der Waals surface area contributed by atoms with E-state index in [2.05, 4.69) is 27.2 Å². The molecule has 190 valence electrons. The summed E-state index contributed by atoms with van der Waals surface area (Å²) >= 11 is 0. The molecule has 7 nitrogen and oxygen atoms in total. The molecule has 5 rings (SSSR count). The van der Waals surface area contributed by atoms with Crippen LogP contribution in [0.1, 0.15) is 22.2 Å². The molecule has 1 aromatic heterocycles. The van der Waals surface area contributed by atoms with Gasteiger partial charge in [0.2, 0.25) is 0 Å². The van der Waals surface area contributed by atoms with Crippen molar-refractivity contribution in [3.63, 3.8) is 0 Å². The minimum absolute atomic E-state index is 0.0438. The van der Waals surface area contributed by atoms with Crippen LogP contribution in [-0.2, 0) is 0 Å². The van der Waals surface area contributed by atoms with E-state index in [1.54, 1.807) is 25.5 Å². The zero-order chi connectivity index (χ0) is 25.5. The minimum atomic E-state index is -0.125. The number of furan rings is 1. The van der Waals surface area contributed by atoms with Crippen LogP contribution in [0.5, 0.6) is 17.2 Å². The minimum Gasteiger partial charge on any atom is -0.497 e. The second-order valence-electron chi connectivity index (χ2n) is 8.90. The number of anilines is 1. The molecular formula is C30H31N3O4. The van der Waals surface area contributed by atoms with E-state index in [1.165, 1.54) is 5.69 Å². The van der Waals surface area contributed by atoms with Gasteiger partial charge in [0.25, 0.3) is 5.91 Å². The molecule has 1 fully saturated rings. The van der Waals surface area contributed by atoms with Crippen LogP contribution in [0.2, 0.25) is 0 Å². The van der Waals surface area contributed by atoms with Gasteiger partial charge in [0.05, 0.1) is 19.4 Å². The van der Waals surface area contributed by atoms with E-state index in [0.717, 1.165) is 43.4 Å². The molecule has 0 radical (unpaired) electrons. The normalized spacial score (nSPS) is 14.7. The molecule has 1 saturated heterocycles. The number of ether oxygens (including phenoxy) is 2. The highest BCUT2D eigenvalue weighted by atomic mass is 16.5. The number of para-hydroxylation sites is 1. The molecule has 1 atom stereocenters. The van der Waals surface area contributed by atoms with E-state index in [1.807, 2.05) is 66.7 Å². The summed E-state index contributed by atoms with van der Waals surface area (Å²) in [5, 5.41) is 3.10. The van der Waals surface area contributed by atoms with Crippen LogP contribution in [-0.4, -0.2) is 50.6 Å². The zero-order valence-electron chi connectivity index (χ0n) is 20.9. The average molecular weight is 498 g/mol. The van der Waals surface area contributed by atoms with Gasteiger partial charge in [-0.05, 0) is 72.8 Å². The number of hydrogen-bond acceptors (Lipinski definition) is 6. The summed E-state index contributed by atoms with van der Waals surface area (Å²) in [4.78, 5) is 17.7. The first kappa shape index (κ1) is 24.5. The topological polar surface area (TPSA) is 67.2 Å². The lowest BCUT2D eigenvalue weighted by atomic mass is 10.1. The number of methoxy groups -OCH3 is 1. The summed E-state index contributed by atoms with van der Waals surface area (Å²) in [7, 11) is 1.68. The molecule has 1 amide bonds. The number of nitrogens with zero attached hydrogens (tertiary/aromatic N) is 2. The first-order valence-corrected chi connectivity index (χ1v) is 12.5. The van der Waals surface area contributed by atoms with Crippen LogP contribution >= 0.6 is 0 Å². The maximum absolute atomic E-state index is 12.9. The van der Waals surface area contributed by atoms with E-state index in [9.17, 15) is 4.79 Å². The molecule has 0 spiro atoms. The van der Waals surface area contributed by atoms with Gasteiger partial charge in [-0.15, -0.1) is 0 Å². The fourth-order valence-corrected chi connectivity index (χ4v) is 4.57. The van der Waals surface area contributed by atoms with Crippen LogP contribution < -0.4 is 19.7 Å². The van der Waals surface area contributed by atoms with Gasteiger partial charge in [-0.2, -0.15) is 0 Å². The standard InChI is InChI=1S/C30H31N3O4/c1-35-25-15-11-24(12-16-25)32-17-19-33(20-18-32)28(29-8-5-21-36-29)22-31-30(34)23-9-13-27(14-10-23)37-26-6-3-2-4-7-26/h2-16,21,28H,17-20,22H2,1H3,(H,31,34). The Bertz CT molecular complexity index is 1250. The molecule has 4 aromatic rings. The van der Waals surface area contributed by atoms with Crippen molar-refractivity contribution in [2.45, 2.75) is 6.04 Å². The van der Waals surface area contributed by atoms with Crippen molar-refractivity contribution in [3.05, 3.63) is 109 Å². The maximum Gasteiger partial charge on any atom is 0.251 e. The Kier molecular flexibility index (Phi) is 7.72. The van der Waals surface area contributed by atoms with Crippen LogP contribution in [0.25, 0.3) is 0 Å². The molecule has 0 saturated carbocycles. The first-order chi connectivity index (χ1) is 18.2. The third-order valence-electron chi connectivity index (χ3n) is 6.62. The summed E-state index contributed by atoms with van der Waals surface area (Å²) in [6.45, 7) is 3.95. The van der Waals surface area contributed by atoms with E-state index >= 15 is 0 Å². The molecule has 7 heteroatoms. The molecule has 1 aliphatic rings. The van der Waals surface area contributed by atoms with Gasteiger partial charge in [-0.1, -0.05) is 18.2 Å². The molecule has 1 unspecified atom stereocenters. The Morgan fingerprint density at radius 1 is 0.838 bits per heavy atom. The zero-order valence-corrected chi connectivity index (χ0v) is 20.9. The van der Waals surface area contributed by atoms with Gasteiger partial charge in [0, 0.05) is 44.0 Å². The number of nitrogens with one attached hydrogen (secondary N) is 1. The fourth-order valence-electron chi connectivity index (χ4n) is 4.57. The number of amides is 1. The maximum atomic E-state index is 12.9. The largest absolute Gasteiger partial charge is 0.497 e. The third-order valence-corrected chi connectivity index (χ3v) is 6.62. The van der Waals surface area contributed by atoms with Gasteiger partial charge in [-0.3, -0.25) is 9.69 Å². The van der Waals surface area contributed by atoms with Crippen molar-refractivity contribution in [2.75, 3.05) is 44.7 Å². The van der Waals surface area contributed by atoms with Gasteiger partial charge in [0.1, 0.15) is 23.0 Å². The lowest BCUT2D eigenvalue weighted by molar-refractivity contribution is 0.0923. The summed E-state index contributed by atoms with van der Waals surface area (Å²) in [6.07, 6.45) is 1.68. The lowest BCUT2D eigenvalue weighted by Crippen LogP contribution is -2.49. The molecule has 37 heavy (non-hydrogen) atoms. The van der Waals surface area contributed by atoms with E-state index in [0.29, 0.717) is 17.9 Å². The van der Waals surface area contributed by atoms with Crippen LogP contribution in [0.4, 0.5) is 5.69 Å². The van der Waals surface area contributed by atoms with Gasteiger partial charge in [0.15, 0.2) is 0 Å². The van der Waals surface area contributed by atoms with Crippen molar-refractivity contribution in [2.24, 2.45) is 0 Å². The highest BCUT2D eigenvalue weighted by Gasteiger charge is 2.27. The second kappa shape index (κ2) is 11.7. The summed E-state index contributed by atoms with van der Waals surface area (Å²) in [6, 6.07) is 28.7. The van der Waals surface area contributed by atoms with E-state index in [-0.39, 0.29) is 11.9 Å². The van der Waals surface area contributed by atoms with Crippen LogP contribution in [0.15, 0.2) is 102 Å². The fraction of sp³-hybridized carbons (Fsp3) is 0.233. The van der Waals surface area contributed by atoms with Crippen molar-refractivity contribution in [3.8, 4) is 17.2 Å². The Morgan fingerprint density at radius 2 is 1.51 bits per heavy atom. The van der Waals surface area contributed by atoms with Crippen molar-refractivity contribution in [1.29, 1.82) is 0 Å². The Hall–Kier alpha value is -4.23. The van der Waals surface area contributed by atoms with E-state index < -0.39 is 0 Å². The number of carbonyl (C=O) groups is 1. The highest BCUT2D eigenvalue weighted by Crippen LogP contribution is 2.26. The number of rotatable bonds is 9. The van der Waals surface area contributed by atoms with Gasteiger partial charge >= 0.3 is 0 Å². The average Bonchev–Trinajstić information content (AvgIpc) is 3.49. The number of hydrogen-bond donors (Lipinski definition) is 1. The molecular weight excluding hydrogens is 466 g/mol. The Morgan fingerprint density at radius 3 is 2.16 bits per heavy atom. The van der Waals surface area contributed by atoms with Crippen molar-refractivity contribution in [1.82, 2.24) is 10.2 Å². The van der Waals surface area contributed by atoms with Crippen LogP contribution in [0, 0.1) is 0 Å². The SMILES string of the molecule is COc1ccc(N2CCN(C(CNC(=O)c3ccc(Oc4ccccc4)cc3)c3ccco3)CC2)cc1. The Balaban J connectivity index is 1.18. The lowest BCUT2D eigenvalue weighted by Gasteiger charge is -2.39. The van der Waals surface area contributed by atoms with Crippen LogP contribution in [0.3, 0.4) is 0 Å². The molecule has 0 aliphatic carbocycles. The highest BCUT2D eigenvalue weighted by molar-refractivity contribution is 5.94. The third kappa shape index (κ3) is 6.13. The molecule has 1 N–H and O–H groups in total. The molecule has 1 aliphatic heterocycles. The summed E-state index contributed by atoms with van der Waals surface area (Å²) < 4.78 is 16.9. The molecule has 3 aromatic carbocycles. The quantitative estimate of drug-likeness (QED) is 0.335. The second-order valence-corrected chi connectivity index (χ2v) is 8.90. The molecule has 0 bridgehead atoms. The predicted molar refractivity (Wildman–Crippen MR) is 144 cm³/mol. The van der Waals surface area contributed by atoms with Crippen molar-refractivity contribution >= 4 is 11.6 Å². The van der Waals surface area contributed by atoms with Gasteiger partial charge in [-0.25, -0.2) is 0 Å².